The highest BCUT2D eigenvalue weighted by atomic mass is 16.5. The maximum Gasteiger partial charge on any atom is 0.326 e. The number of para-hydroxylation sites is 1. The van der Waals surface area contributed by atoms with Crippen LogP contribution in [0, 0.1) is 18.8 Å². The smallest absolute Gasteiger partial charge is 0.326 e. The van der Waals surface area contributed by atoms with Crippen LogP contribution in [0.1, 0.15) is 43.7 Å². The largest absolute Gasteiger partial charge is 0.454 e. The van der Waals surface area contributed by atoms with Crippen molar-refractivity contribution in [2.75, 3.05) is 18.5 Å². The number of nitrogens with zero attached hydrogens (tertiary/aromatic N) is 1. The molecular weight excluding hydrogens is 360 g/mol. The summed E-state index contributed by atoms with van der Waals surface area (Å²) in [6.45, 7) is 3.00. The highest BCUT2D eigenvalue weighted by Gasteiger charge is 2.48. The van der Waals surface area contributed by atoms with E-state index < -0.39 is 25.0 Å². The second-order valence-corrected chi connectivity index (χ2v) is 7.43. The number of hydrogen-bond acceptors (Lipinski definition) is 5. The summed E-state index contributed by atoms with van der Waals surface area (Å²) in [4.78, 5) is 50.0. The normalized spacial score (nSPS) is 21.4. The van der Waals surface area contributed by atoms with E-state index in [1.54, 1.807) is 0 Å². The number of imide groups is 1. The first-order valence-electron chi connectivity index (χ1n) is 9.81. The number of carbonyl (C=O) groups excluding carboxylic acids is 4. The minimum atomic E-state index is -0.754. The number of nitrogens with one attached hydrogen (secondary N) is 1. The fraction of sp³-hybridized carbons (Fsp3) is 0.524. The second-order valence-electron chi connectivity index (χ2n) is 7.43. The van der Waals surface area contributed by atoms with Gasteiger partial charge in [-0.3, -0.25) is 24.1 Å². The fourth-order valence-corrected chi connectivity index (χ4v) is 4.09. The molecule has 1 saturated heterocycles. The molecule has 1 saturated carbocycles. The SMILES string of the molecule is CCc1cccc(C)c1NC(=O)COC(=O)CN1C(=O)[C@@H]2CCCC[C@H]2C1=O. The molecule has 0 radical (unpaired) electrons. The number of aryl methyl sites for hydroxylation is 2. The molecule has 2 atom stereocenters. The van der Waals surface area contributed by atoms with Crippen LogP contribution in [0.15, 0.2) is 18.2 Å². The van der Waals surface area contributed by atoms with Gasteiger partial charge in [0.25, 0.3) is 5.91 Å². The van der Waals surface area contributed by atoms with Crippen LogP contribution in [-0.2, 0) is 30.3 Å². The highest BCUT2D eigenvalue weighted by molar-refractivity contribution is 6.07. The molecule has 0 bridgehead atoms. The van der Waals surface area contributed by atoms with Crippen molar-refractivity contribution in [3.05, 3.63) is 29.3 Å². The first-order valence-corrected chi connectivity index (χ1v) is 9.81. The van der Waals surface area contributed by atoms with Gasteiger partial charge in [0.2, 0.25) is 11.8 Å². The van der Waals surface area contributed by atoms with Crippen molar-refractivity contribution < 1.29 is 23.9 Å². The van der Waals surface area contributed by atoms with E-state index >= 15 is 0 Å². The van der Waals surface area contributed by atoms with Gasteiger partial charge in [-0.2, -0.15) is 0 Å². The minimum absolute atomic E-state index is 0.288. The molecule has 28 heavy (non-hydrogen) atoms. The zero-order valence-corrected chi connectivity index (χ0v) is 16.3. The second kappa shape index (κ2) is 8.54. The van der Waals surface area contributed by atoms with Crippen molar-refractivity contribution in [3.63, 3.8) is 0 Å². The quantitative estimate of drug-likeness (QED) is 0.598. The van der Waals surface area contributed by atoms with Crippen molar-refractivity contribution in [2.24, 2.45) is 11.8 Å². The standard InChI is InChI=1S/C21H26N2O5/c1-3-14-8-6-7-13(2)19(14)22-17(24)12-28-18(25)11-23-20(26)15-9-4-5-10-16(15)21(23)27/h6-8,15-16H,3-5,9-12H2,1-2H3,(H,22,24)/t15-,16-/m1/s1. The van der Waals surface area contributed by atoms with Crippen molar-refractivity contribution in [1.29, 1.82) is 0 Å². The molecule has 7 nitrogen and oxygen atoms in total. The molecule has 1 aliphatic carbocycles. The molecule has 1 N–H and O–H groups in total. The summed E-state index contributed by atoms with van der Waals surface area (Å²) >= 11 is 0. The predicted octanol–water partition coefficient (Wildman–Crippen LogP) is 2.21. The van der Waals surface area contributed by atoms with Crippen molar-refractivity contribution in [3.8, 4) is 0 Å². The number of amides is 3. The summed E-state index contributed by atoms with van der Waals surface area (Å²) in [7, 11) is 0. The Morgan fingerprint density at radius 3 is 2.39 bits per heavy atom. The number of rotatable bonds is 6. The van der Waals surface area contributed by atoms with E-state index in [1.165, 1.54) is 0 Å². The molecule has 0 unspecified atom stereocenters. The molecule has 0 aromatic heterocycles. The third-order valence-corrected chi connectivity index (χ3v) is 5.59. The van der Waals surface area contributed by atoms with E-state index in [1.807, 2.05) is 32.0 Å². The monoisotopic (exact) mass is 386 g/mol. The Hall–Kier alpha value is -2.70. The number of anilines is 1. The zero-order chi connectivity index (χ0) is 20.3. The van der Waals surface area contributed by atoms with Gasteiger partial charge in [0, 0.05) is 5.69 Å². The van der Waals surface area contributed by atoms with Gasteiger partial charge in [0.1, 0.15) is 6.54 Å². The van der Waals surface area contributed by atoms with Gasteiger partial charge < -0.3 is 10.1 Å². The fourth-order valence-electron chi connectivity index (χ4n) is 4.09. The third-order valence-electron chi connectivity index (χ3n) is 5.59. The summed E-state index contributed by atoms with van der Waals surface area (Å²) in [6.07, 6.45) is 4.01. The molecule has 2 fully saturated rings. The number of carbonyl (C=O) groups is 4. The minimum Gasteiger partial charge on any atom is -0.454 e. The summed E-state index contributed by atoms with van der Waals surface area (Å²) in [5.74, 6) is -2.38. The molecule has 7 heteroatoms. The van der Waals surface area contributed by atoms with E-state index in [-0.39, 0.29) is 23.7 Å². The number of benzene rings is 1. The highest BCUT2D eigenvalue weighted by Crippen LogP contribution is 2.37. The number of likely N-dealkylation sites (tertiary alicyclic amines) is 1. The Kier molecular flexibility index (Phi) is 6.11. The lowest BCUT2D eigenvalue weighted by Gasteiger charge is -2.19. The molecule has 1 aromatic rings. The molecule has 2 aliphatic rings. The van der Waals surface area contributed by atoms with Crippen LogP contribution >= 0.6 is 0 Å². The Balaban J connectivity index is 1.53. The van der Waals surface area contributed by atoms with Crippen LogP contribution in [-0.4, -0.2) is 41.7 Å². The molecular formula is C21H26N2O5. The molecule has 150 valence electrons. The van der Waals surface area contributed by atoms with Crippen molar-refractivity contribution >= 4 is 29.4 Å². The van der Waals surface area contributed by atoms with E-state index in [2.05, 4.69) is 5.32 Å². The van der Waals surface area contributed by atoms with Gasteiger partial charge in [0.15, 0.2) is 6.61 Å². The van der Waals surface area contributed by atoms with Gasteiger partial charge in [-0.25, -0.2) is 0 Å². The lowest BCUT2D eigenvalue weighted by atomic mass is 9.81. The van der Waals surface area contributed by atoms with Crippen LogP contribution in [0.2, 0.25) is 0 Å². The molecule has 1 aromatic carbocycles. The number of fused-ring (bicyclic) bond motifs is 1. The van der Waals surface area contributed by atoms with E-state index in [0.717, 1.165) is 41.0 Å². The molecule has 3 rings (SSSR count). The van der Waals surface area contributed by atoms with Crippen LogP contribution in [0.5, 0.6) is 0 Å². The lowest BCUT2D eigenvalue weighted by molar-refractivity contribution is -0.154. The Bertz CT molecular complexity index is 780. The lowest BCUT2D eigenvalue weighted by Crippen LogP contribution is -2.37. The van der Waals surface area contributed by atoms with Gasteiger partial charge in [-0.15, -0.1) is 0 Å². The Morgan fingerprint density at radius 2 is 1.79 bits per heavy atom. The summed E-state index contributed by atoms with van der Waals surface area (Å²) < 4.78 is 5.00. The van der Waals surface area contributed by atoms with E-state index in [9.17, 15) is 19.2 Å². The first-order chi connectivity index (χ1) is 13.4. The van der Waals surface area contributed by atoms with Gasteiger partial charge in [-0.1, -0.05) is 38.0 Å². The number of esters is 1. The topological polar surface area (TPSA) is 92.8 Å². The molecule has 1 aliphatic heterocycles. The summed E-state index contributed by atoms with van der Waals surface area (Å²) in [5.41, 5.74) is 2.64. The summed E-state index contributed by atoms with van der Waals surface area (Å²) in [5, 5.41) is 2.77. The molecule has 0 spiro atoms. The number of ether oxygens (including phenoxy) is 1. The van der Waals surface area contributed by atoms with Crippen molar-refractivity contribution in [1.82, 2.24) is 4.90 Å². The van der Waals surface area contributed by atoms with Gasteiger partial charge in [0.05, 0.1) is 11.8 Å². The average Bonchev–Trinajstić information content (AvgIpc) is 2.93. The third kappa shape index (κ3) is 4.08. The van der Waals surface area contributed by atoms with E-state index in [4.69, 9.17) is 4.74 Å². The van der Waals surface area contributed by atoms with Crippen LogP contribution in [0.3, 0.4) is 0 Å². The van der Waals surface area contributed by atoms with Crippen molar-refractivity contribution in [2.45, 2.75) is 46.0 Å². The Labute approximate surface area is 164 Å². The van der Waals surface area contributed by atoms with E-state index in [0.29, 0.717) is 12.8 Å². The maximum absolute atomic E-state index is 12.4. The molecule has 1 heterocycles. The first kappa shape index (κ1) is 20.0. The average molecular weight is 386 g/mol. The predicted molar refractivity (Wildman–Crippen MR) is 102 cm³/mol. The maximum atomic E-state index is 12.4. The zero-order valence-electron chi connectivity index (χ0n) is 16.3. The van der Waals surface area contributed by atoms with Crippen LogP contribution in [0.25, 0.3) is 0 Å². The van der Waals surface area contributed by atoms with Gasteiger partial charge >= 0.3 is 5.97 Å². The van der Waals surface area contributed by atoms with Crippen LogP contribution in [0.4, 0.5) is 5.69 Å². The van der Waals surface area contributed by atoms with Crippen LogP contribution < -0.4 is 5.32 Å². The summed E-state index contributed by atoms with van der Waals surface area (Å²) in [6, 6.07) is 5.75. The molecule has 3 amide bonds. The van der Waals surface area contributed by atoms with Gasteiger partial charge in [-0.05, 0) is 37.3 Å². The number of hydrogen-bond donors (Lipinski definition) is 1. The Morgan fingerprint density at radius 1 is 1.14 bits per heavy atom.